The highest BCUT2D eigenvalue weighted by Gasteiger charge is 2.38. The van der Waals surface area contributed by atoms with Gasteiger partial charge in [-0.2, -0.15) is 0 Å². The number of carbonyl (C=O) groups is 2. The lowest BCUT2D eigenvalue weighted by Crippen LogP contribution is -2.58. The highest BCUT2D eigenvalue weighted by Crippen LogP contribution is 2.25. The summed E-state index contributed by atoms with van der Waals surface area (Å²) in [6, 6.07) is 3.58. The number of benzene rings is 1. The quantitative estimate of drug-likeness (QED) is 0.519. The van der Waals surface area contributed by atoms with E-state index in [0.717, 1.165) is 16.7 Å². The number of carbonyl (C=O) groups excluding carboxylic acids is 2. The number of amides is 1. The zero-order chi connectivity index (χ0) is 20.9. The van der Waals surface area contributed by atoms with Crippen molar-refractivity contribution in [3.05, 3.63) is 34.2 Å². The number of hydrogen-bond donors (Lipinski definition) is 3. The lowest BCUT2D eigenvalue weighted by atomic mass is 9.89. The molecule has 0 saturated carbocycles. The Bertz CT molecular complexity index is 737. The van der Waals surface area contributed by atoms with Crippen molar-refractivity contribution in [2.45, 2.75) is 32.2 Å². The van der Waals surface area contributed by atoms with Crippen molar-refractivity contribution in [2.24, 2.45) is 11.5 Å². The van der Waals surface area contributed by atoms with Gasteiger partial charge in [-0.15, -0.1) is 4.31 Å². The molecule has 1 aliphatic heterocycles. The number of aliphatic hydroxyl groups excluding tert-OH is 1. The molecule has 1 aromatic rings. The number of primary amides is 1. The zero-order valence-corrected chi connectivity index (χ0v) is 17.0. The van der Waals surface area contributed by atoms with Gasteiger partial charge < -0.3 is 25.9 Å². The molecule has 0 spiro atoms. The summed E-state index contributed by atoms with van der Waals surface area (Å²) in [6.45, 7) is 3.92. The number of rotatable bonds is 8. The minimum absolute atomic E-state index is 0.183. The first-order chi connectivity index (χ1) is 13.2. The number of ether oxygens (including phenoxy) is 1. The van der Waals surface area contributed by atoms with E-state index in [-0.39, 0.29) is 6.61 Å². The molecule has 154 valence electrons. The first-order valence-electron chi connectivity index (χ1n) is 8.95. The Labute approximate surface area is 167 Å². The van der Waals surface area contributed by atoms with Crippen LogP contribution in [0.3, 0.4) is 0 Å². The summed E-state index contributed by atoms with van der Waals surface area (Å²) in [5.74, 6) is -0.381. The normalized spacial score (nSPS) is 18.2. The number of ketones is 1. The average Bonchev–Trinajstić information content (AvgIpc) is 2.65. The van der Waals surface area contributed by atoms with Crippen LogP contribution in [0.2, 0.25) is 0 Å². The fraction of sp³-hybridized carbons (Fsp3) is 0.474. The number of aryl methyl sites for hydroxylation is 2. The van der Waals surface area contributed by atoms with Crippen LogP contribution in [0.15, 0.2) is 17.5 Å². The van der Waals surface area contributed by atoms with Crippen LogP contribution in [0.1, 0.15) is 29.5 Å². The number of aliphatic hydroxyl groups is 1. The largest absolute Gasteiger partial charge is 0.593 e. The zero-order valence-electron chi connectivity index (χ0n) is 16.1. The first kappa shape index (κ1) is 22.4. The van der Waals surface area contributed by atoms with Crippen molar-refractivity contribution in [1.82, 2.24) is 4.31 Å². The maximum absolute atomic E-state index is 12.6. The van der Waals surface area contributed by atoms with Crippen molar-refractivity contribution in [3.8, 4) is 5.75 Å². The van der Waals surface area contributed by atoms with Crippen LogP contribution in [-0.2, 0) is 21.0 Å². The monoisotopic (exact) mass is 409 g/mol. The third kappa shape index (κ3) is 5.55. The van der Waals surface area contributed by atoms with Crippen LogP contribution in [0.5, 0.6) is 5.75 Å². The van der Waals surface area contributed by atoms with E-state index in [1.807, 2.05) is 13.8 Å². The SMILES string of the molecule is Cc1cc(OCC(=O)CO)cc(C)c1/C=C/[S@+]([O-])N1CCC(N)(C(N)=O)CC1. The summed E-state index contributed by atoms with van der Waals surface area (Å²) in [7, 11) is 0. The van der Waals surface area contributed by atoms with Crippen LogP contribution in [-0.4, -0.2) is 57.5 Å². The lowest BCUT2D eigenvalue weighted by Gasteiger charge is -2.35. The summed E-state index contributed by atoms with van der Waals surface area (Å²) in [4.78, 5) is 22.6. The van der Waals surface area contributed by atoms with Crippen LogP contribution in [0.25, 0.3) is 6.08 Å². The van der Waals surface area contributed by atoms with E-state index in [4.69, 9.17) is 21.3 Å². The Hall–Kier alpha value is -1.91. The minimum atomic E-state index is -1.34. The molecule has 1 fully saturated rings. The molecular weight excluding hydrogens is 382 g/mol. The van der Waals surface area contributed by atoms with Crippen LogP contribution < -0.4 is 16.2 Å². The van der Waals surface area contributed by atoms with E-state index in [0.29, 0.717) is 31.7 Å². The average molecular weight is 410 g/mol. The van der Waals surface area contributed by atoms with Crippen LogP contribution in [0.4, 0.5) is 0 Å². The Morgan fingerprint density at radius 1 is 1.32 bits per heavy atom. The second-order valence-electron chi connectivity index (χ2n) is 6.98. The summed E-state index contributed by atoms with van der Waals surface area (Å²) < 4.78 is 19.7. The van der Waals surface area contributed by atoms with E-state index in [9.17, 15) is 14.1 Å². The lowest BCUT2D eigenvalue weighted by molar-refractivity contribution is -0.124. The first-order valence-corrected chi connectivity index (χ1v) is 10.1. The van der Waals surface area contributed by atoms with E-state index in [1.165, 1.54) is 0 Å². The van der Waals surface area contributed by atoms with Crippen molar-refractivity contribution in [1.29, 1.82) is 0 Å². The molecule has 8 nitrogen and oxygen atoms in total. The maximum Gasteiger partial charge on any atom is 0.237 e. The maximum atomic E-state index is 12.6. The van der Waals surface area contributed by atoms with Gasteiger partial charge in [0.25, 0.3) is 0 Å². The second-order valence-corrected chi connectivity index (χ2v) is 8.33. The van der Waals surface area contributed by atoms with Crippen molar-refractivity contribution in [3.63, 3.8) is 0 Å². The van der Waals surface area contributed by atoms with E-state index >= 15 is 0 Å². The molecule has 0 bridgehead atoms. The molecule has 1 atom stereocenters. The topological polar surface area (TPSA) is 142 Å². The van der Waals surface area contributed by atoms with E-state index in [2.05, 4.69) is 0 Å². The van der Waals surface area contributed by atoms with Gasteiger partial charge in [-0.25, -0.2) is 0 Å². The summed E-state index contributed by atoms with van der Waals surface area (Å²) in [6.07, 6.45) is 2.54. The molecule has 0 unspecified atom stereocenters. The Morgan fingerprint density at radius 3 is 2.39 bits per heavy atom. The highest BCUT2D eigenvalue weighted by molar-refractivity contribution is 7.92. The van der Waals surface area contributed by atoms with E-state index in [1.54, 1.807) is 27.9 Å². The van der Waals surface area contributed by atoms with Gasteiger partial charge in [0.05, 0.1) is 16.9 Å². The number of nitrogens with zero attached hydrogens (tertiary/aromatic N) is 1. The molecule has 1 aromatic carbocycles. The van der Waals surface area contributed by atoms with Crippen molar-refractivity contribution in [2.75, 3.05) is 26.3 Å². The molecule has 1 heterocycles. The number of Topliss-reactive ketones (excluding diaryl/α,β-unsaturated/α-hetero) is 1. The summed E-state index contributed by atoms with van der Waals surface area (Å²) in [5.41, 5.74) is 13.0. The molecule has 0 radical (unpaired) electrons. The molecule has 0 aliphatic carbocycles. The molecule has 2 rings (SSSR count). The summed E-state index contributed by atoms with van der Waals surface area (Å²) >= 11 is -1.34. The molecule has 5 N–H and O–H groups in total. The molecule has 1 saturated heterocycles. The second kappa shape index (κ2) is 9.53. The third-order valence-corrected chi connectivity index (χ3v) is 6.10. The fourth-order valence-electron chi connectivity index (χ4n) is 3.01. The highest BCUT2D eigenvalue weighted by atomic mass is 32.2. The van der Waals surface area contributed by atoms with Gasteiger partial charge in [0.15, 0.2) is 5.78 Å². The number of nitrogens with two attached hydrogens (primary N) is 2. The smallest absolute Gasteiger partial charge is 0.237 e. The van der Waals surface area contributed by atoms with Crippen LogP contribution in [0, 0.1) is 13.8 Å². The van der Waals surface area contributed by atoms with Gasteiger partial charge in [-0.05, 0) is 61.6 Å². The van der Waals surface area contributed by atoms with Gasteiger partial charge in [0, 0.05) is 13.1 Å². The molecule has 1 amide bonds. The predicted octanol–water partition coefficient (Wildman–Crippen LogP) is 0.157. The van der Waals surface area contributed by atoms with E-state index < -0.39 is 35.2 Å². The fourth-order valence-corrected chi connectivity index (χ4v) is 3.98. The van der Waals surface area contributed by atoms with Gasteiger partial charge in [-0.3, -0.25) is 9.59 Å². The number of piperidine rings is 1. The van der Waals surface area contributed by atoms with Gasteiger partial charge >= 0.3 is 0 Å². The standard InChI is InChI=1S/C19H27N3O5S/c1-13-9-16(27-12-15(24)11-23)10-14(2)17(13)3-8-28(26)22-6-4-19(21,5-7-22)18(20)25/h3,8-10,23H,4-7,11-12,21H2,1-2H3,(H2,20,25)/b8-3+/t28-/m0/s1. The van der Waals surface area contributed by atoms with Gasteiger partial charge in [-0.1, -0.05) is 0 Å². The summed E-state index contributed by atoms with van der Waals surface area (Å²) in [5, 5.41) is 10.4. The minimum Gasteiger partial charge on any atom is -0.593 e. The number of hydrogen-bond acceptors (Lipinski definition) is 7. The van der Waals surface area contributed by atoms with Crippen molar-refractivity contribution < 1.29 is 24.0 Å². The van der Waals surface area contributed by atoms with Crippen LogP contribution >= 0.6 is 0 Å². The molecule has 9 heteroatoms. The molecular formula is C19H27N3O5S. The molecule has 0 aromatic heterocycles. The third-order valence-electron chi connectivity index (χ3n) is 4.85. The Morgan fingerprint density at radius 2 is 1.89 bits per heavy atom. The van der Waals surface area contributed by atoms with Crippen molar-refractivity contribution >= 4 is 29.1 Å². The Kier molecular flexibility index (Phi) is 7.62. The van der Waals surface area contributed by atoms with Gasteiger partial charge in [0.2, 0.25) is 5.91 Å². The predicted molar refractivity (Wildman–Crippen MR) is 108 cm³/mol. The Balaban J connectivity index is 2.01. The molecule has 1 aliphatic rings. The molecule has 28 heavy (non-hydrogen) atoms. The van der Waals surface area contributed by atoms with Gasteiger partial charge in [0.1, 0.15) is 24.4 Å².